The smallest absolute Gasteiger partial charge is 0.133 e. The normalized spacial score (nSPS) is 10.7. The molecule has 108 valence electrons. The maximum atomic E-state index is 5.67. The van der Waals surface area contributed by atoms with Crippen LogP contribution in [0, 0.1) is 0 Å². The van der Waals surface area contributed by atoms with Gasteiger partial charge in [0, 0.05) is 24.2 Å². The molecule has 0 spiro atoms. The van der Waals surface area contributed by atoms with Gasteiger partial charge < -0.3 is 14.8 Å². The maximum Gasteiger partial charge on any atom is 0.133 e. The van der Waals surface area contributed by atoms with Gasteiger partial charge in [-0.2, -0.15) is 0 Å². The lowest BCUT2D eigenvalue weighted by atomic mass is 10.3. The number of nitrogens with one attached hydrogen (secondary N) is 1. The van der Waals surface area contributed by atoms with Gasteiger partial charge in [0.1, 0.15) is 12.4 Å². The molecule has 0 aliphatic carbocycles. The number of benzene rings is 1. The van der Waals surface area contributed by atoms with E-state index >= 15 is 0 Å². The molecule has 0 fully saturated rings. The van der Waals surface area contributed by atoms with E-state index in [-0.39, 0.29) is 0 Å². The summed E-state index contributed by atoms with van der Waals surface area (Å²) in [6.45, 7) is 6.13. The van der Waals surface area contributed by atoms with Crippen LogP contribution in [-0.4, -0.2) is 32.9 Å². The molecule has 3 nitrogen and oxygen atoms in total. The van der Waals surface area contributed by atoms with Gasteiger partial charge in [-0.15, -0.1) is 0 Å². The van der Waals surface area contributed by atoms with E-state index in [4.69, 9.17) is 9.47 Å². The molecule has 0 amide bonds. The van der Waals surface area contributed by atoms with Crippen LogP contribution >= 0.6 is 31.9 Å². The first-order valence-electron chi connectivity index (χ1n) is 6.60. The highest BCUT2D eigenvalue weighted by atomic mass is 79.9. The first kappa shape index (κ1) is 17.0. The van der Waals surface area contributed by atoms with Crippen LogP contribution in [0.4, 0.5) is 0 Å². The summed E-state index contributed by atoms with van der Waals surface area (Å²) in [6.07, 6.45) is 2.32. The molecule has 1 aromatic rings. The van der Waals surface area contributed by atoms with Gasteiger partial charge in [-0.3, -0.25) is 0 Å². The Labute approximate surface area is 132 Å². The Bertz CT molecular complexity index is 361. The van der Waals surface area contributed by atoms with Gasteiger partial charge >= 0.3 is 0 Å². The molecule has 0 saturated heterocycles. The summed E-state index contributed by atoms with van der Waals surface area (Å²) in [4.78, 5) is 0. The van der Waals surface area contributed by atoms with Crippen molar-refractivity contribution in [1.29, 1.82) is 0 Å². The SMILES string of the molecule is CCCCOCCNCCOc1ccc(Br)cc1Br. The van der Waals surface area contributed by atoms with Gasteiger partial charge in [0.2, 0.25) is 0 Å². The van der Waals surface area contributed by atoms with Gasteiger partial charge in [-0.1, -0.05) is 29.3 Å². The van der Waals surface area contributed by atoms with E-state index < -0.39 is 0 Å². The molecule has 5 heteroatoms. The molecule has 19 heavy (non-hydrogen) atoms. The second-order valence-corrected chi connectivity index (χ2v) is 5.91. The molecular weight excluding hydrogens is 374 g/mol. The minimum absolute atomic E-state index is 0.648. The van der Waals surface area contributed by atoms with Crippen LogP contribution in [0.25, 0.3) is 0 Å². The Morgan fingerprint density at radius 3 is 2.63 bits per heavy atom. The zero-order valence-corrected chi connectivity index (χ0v) is 14.4. The molecule has 1 rings (SSSR count). The van der Waals surface area contributed by atoms with Crippen molar-refractivity contribution >= 4 is 31.9 Å². The van der Waals surface area contributed by atoms with Crippen LogP contribution in [0.2, 0.25) is 0 Å². The average Bonchev–Trinajstić information content (AvgIpc) is 2.39. The Morgan fingerprint density at radius 1 is 1.11 bits per heavy atom. The Hall–Kier alpha value is -0.100. The fourth-order valence-electron chi connectivity index (χ4n) is 1.44. The third-order valence-electron chi connectivity index (χ3n) is 2.50. The number of hydrogen-bond acceptors (Lipinski definition) is 3. The van der Waals surface area contributed by atoms with E-state index in [2.05, 4.69) is 44.1 Å². The van der Waals surface area contributed by atoms with Gasteiger partial charge in [-0.25, -0.2) is 0 Å². The lowest BCUT2D eigenvalue weighted by Gasteiger charge is -2.09. The highest BCUT2D eigenvalue weighted by Crippen LogP contribution is 2.27. The molecule has 0 bridgehead atoms. The summed E-state index contributed by atoms with van der Waals surface area (Å²) in [7, 11) is 0. The summed E-state index contributed by atoms with van der Waals surface area (Å²) in [5, 5.41) is 3.29. The van der Waals surface area contributed by atoms with Crippen molar-refractivity contribution in [1.82, 2.24) is 5.32 Å². The fourth-order valence-corrected chi connectivity index (χ4v) is 2.60. The second kappa shape index (κ2) is 10.7. The third-order valence-corrected chi connectivity index (χ3v) is 3.61. The van der Waals surface area contributed by atoms with Gasteiger partial charge in [0.15, 0.2) is 0 Å². The van der Waals surface area contributed by atoms with Gasteiger partial charge in [0.25, 0.3) is 0 Å². The van der Waals surface area contributed by atoms with E-state index in [1.165, 1.54) is 6.42 Å². The molecule has 0 radical (unpaired) electrons. The molecule has 0 saturated carbocycles. The average molecular weight is 395 g/mol. The number of ether oxygens (including phenoxy) is 2. The molecule has 0 aliphatic rings. The minimum atomic E-state index is 0.648. The molecule has 0 aromatic heterocycles. The monoisotopic (exact) mass is 393 g/mol. The minimum Gasteiger partial charge on any atom is -0.491 e. The largest absolute Gasteiger partial charge is 0.491 e. The van der Waals surface area contributed by atoms with Crippen LogP contribution < -0.4 is 10.1 Å². The van der Waals surface area contributed by atoms with E-state index in [0.717, 1.165) is 47.4 Å². The summed E-state index contributed by atoms with van der Waals surface area (Å²) < 4.78 is 13.1. The van der Waals surface area contributed by atoms with Gasteiger partial charge in [0.05, 0.1) is 11.1 Å². The molecule has 0 heterocycles. The topological polar surface area (TPSA) is 30.5 Å². The van der Waals surface area contributed by atoms with Crippen molar-refractivity contribution in [2.24, 2.45) is 0 Å². The summed E-state index contributed by atoms with van der Waals surface area (Å²) in [5.74, 6) is 0.865. The highest BCUT2D eigenvalue weighted by Gasteiger charge is 2.00. The Morgan fingerprint density at radius 2 is 1.89 bits per heavy atom. The lowest BCUT2D eigenvalue weighted by Crippen LogP contribution is -2.25. The zero-order chi connectivity index (χ0) is 13.9. The van der Waals surface area contributed by atoms with Crippen LogP contribution in [0.15, 0.2) is 27.1 Å². The summed E-state index contributed by atoms with van der Waals surface area (Å²) in [6, 6.07) is 5.89. The van der Waals surface area contributed by atoms with Crippen LogP contribution in [0.3, 0.4) is 0 Å². The van der Waals surface area contributed by atoms with E-state index in [9.17, 15) is 0 Å². The van der Waals surface area contributed by atoms with E-state index in [0.29, 0.717) is 6.61 Å². The molecule has 0 aliphatic heterocycles. The molecular formula is C14H21Br2NO2. The number of hydrogen-bond donors (Lipinski definition) is 1. The summed E-state index contributed by atoms with van der Waals surface area (Å²) >= 11 is 6.88. The van der Waals surface area contributed by atoms with Crippen molar-refractivity contribution in [3.05, 3.63) is 27.1 Å². The van der Waals surface area contributed by atoms with Crippen LogP contribution in [-0.2, 0) is 4.74 Å². The predicted octanol–water partition coefficient (Wildman–Crippen LogP) is 4.00. The van der Waals surface area contributed by atoms with Crippen molar-refractivity contribution in [3.8, 4) is 5.75 Å². The number of unbranched alkanes of at least 4 members (excludes halogenated alkanes) is 1. The Kier molecular flexibility index (Phi) is 9.51. The van der Waals surface area contributed by atoms with Crippen LogP contribution in [0.5, 0.6) is 5.75 Å². The third kappa shape index (κ3) is 7.92. The molecule has 1 N–H and O–H groups in total. The quantitative estimate of drug-likeness (QED) is 0.608. The lowest BCUT2D eigenvalue weighted by molar-refractivity contribution is 0.132. The standard InChI is InChI=1S/C14H21Br2NO2/c1-2-3-8-18-9-6-17-7-10-19-14-5-4-12(15)11-13(14)16/h4-5,11,17H,2-3,6-10H2,1H3. The zero-order valence-electron chi connectivity index (χ0n) is 11.3. The van der Waals surface area contributed by atoms with E-state index in [1.54, 1.807) is 0 Å². The molecule has 1 aromatic carbocycles. The fraction of sp³-hybridized carbons (Fsp3) is 0.571. The molecule has 0 unspecified atom stereocenters. The Balaban J connectivity index is 2.01. The van der Waals surface area contributed by atoms with Crippen molar-refractivity contribution in [2.45, 2.75) is 19.8 Å². The van der Waals surface area contributed by atoms with Crippen molar-refractivity contribution in [3.63, 3.8) is 0 Å². The maximum absolute atomic E-state index is 5.67. The predicted molar refractivity (Wildman–Crippen MR) is 85.9 cm³/mol. The van der Waals surface area contributed by atoms with Crippen molar-refractivity contribution < 1.29 is 9.47 Å². The first-order valence-corrected chi connectivity index (χ1v) is 8.19. The van der Waals surface area contributed by atoms with E-state index in [1.807, 2.05) is 18.2 Å². The second-order valence-electron chi connectivity index (χ2n) is 4.14. The van der Waals surface area contributed by atoms with Crippen LogP contribution in [0.1, 0.15) is 19.8 Å². The van der Waals surface area contributed by atoms with Gasteiger partial charge in [-0.05, 0) is 40.5 Å². The highest BCUT2D eigenvalue weighted by molar-refractivity contribution is 9.11. The number of halogens is 2. The first-order chi connectivity index (χ1) is 9.24. The molecule has 0 atom stereocenters. The summed E-state index contributed by atoms with van der Waals surface area (Å²) in [5.41, 5.74) is 0. The number of rotatable bonds is 10. The van der Waals surface area contributed by atoms with Crippen molar-refractivity contribution in [2.75, 3.05) is 32.9 Å².